The lowest BCUT2D eigenvalue weighted by Gasteiger charge is -2.39. The zero-order valence-corrected chi connectivity index (χ0v) is 18.0. The summed E-state index contributed by atoms with van der Waals surface area (Å²) in [6.45, 7) is 7.76. The van der Waals surface area contributed by atoms with Gasteiger partial charge in [-0.2, -0.15) is 4.98 Å². The first kappa shape index (κ1) is 20.7. The molecule has 7 heteroatoms. The van der Waals surface area contributed by atoms with E-state index in [1.165, 1.54) is 4.57 Å². The van der Waals surface area contributed by atoms with Gasteiger partial charge >= 0.3 is 0 Å². The molecule has 0 N–H and O–H groups in total. The van der Waals surface area contributed by atoms with Crippen molar-refractivity contribution in [1.82, 2.24) is 19.7 Å². The number of aromatic nitrogens is 4. The summed E-state index contributed by atoms with van der Waals surface area (Å²) in [5, 5.41) is 4.25. The van der Waals surface area contributed by atoms with Crippen molar-refractivity contribution >= 4 is 11.3 Å². The van der Waals surface area contributed by atoms with E-state index in [-0.39, 0.29) is 16.9 Å². The van der Waals surface area contributed by atoms with Gasteiger partial charge in [0.1, 0.15) is 5.56 Å². The van der Waals surface area contributed by atoms with E-state index in [4.69, 9.17) is 4.52 Å². The fourth-order valence-electron chi connectivity index (χ4n) is 3.73. The van der Waals surface area contributed by atoms with Crippen LogP contribution >= 0.6 is 0 Å². The molecule has 0 aliphatic heterocycles. The van der Waals surface area contributed by atoms with Crippen LogP contribution in [-0.4, -0.2) is 25.4 Å². The van der Waals surface area contributed by atoms with E-state index in [0.29, 0.717) is 11.4 Å². The molecule has 0 spiro atoms. The Balaban J connectivity index is 1.68. The maximum Gasteiger partial charge on any atom is 0.263 e. The molecule has 3 aromatic heterocycles. The van der Waals surface area contributed by atoms with Gasteiger partial charge in [-0.1, -0.05) is 30.3 Å². The van der Waals surface area contributed by atoms with Crippen LogP contribution in [-0.2, 0) is 12.5 Å². The van der Waals surface area contributed by atoms with Crippen LogP contribution in [0.2, 0.25) is 0 Å². The van der Waals surface area contributed by atoms with Gasteiger partial charge in [0.2, 0.25) is 0 Å². The van der Waals surface area contributed by atoms with Gasteiger partial charge in [0.25, 0.3) is 11.4 Å². The minimum absolute atomic E-state index is 0.167. The van der Waals surface area contributed by atoms with Crippen molar-refractivity contribution in [2.75, 3.05) is 0 Å². The first-order valence-electron chi connectivity index (χ1n) is 10.3. The number of pyridine rings is 2. The van der Waals surface area contributed by atoms with Crippen LogP contribution in [0.1, 0.15) is 50.2 Å². The Morgan fingerprint density at radius 3 is 2.71 bits per heavy atom. The van der Waals surface area contributed by atoms with Crippen LogP contribution in [0.4, 0.5) is 0 Å². The number of aryl methyl sites for hydroxylation is 1. The predicted molar refractivity (Wildman–Crippen MR) is 121 cm³/mol. The fourth-order valence-corrected chi connectivity index (χ4v) is 3.73. The average Bonchev–Trinajstić information content (AvgIpc) is 3.20. The van der Waals surface area contributed by atoms with Gasteiger partial charge in [0.15, 0.2) is 5.82 Å². The SMILES string of the molecule is C=C/C(=C\N=C(C)C)c1ccc(C2(c3noc(-c4cccn(C)c4=O)n3)CCC2)cn1. The number of rotatable bonds is 6. The van der Waals surface area contributed by atoms with Crippen LogP contribution in [0.25, 0.3) is 17.0 Å². The van der Waals surface area contributed by atoms with E-state index in [0.717, 1.165) is 41.8 Å². The first-order valence-corrected chi connectivity index (χ1v) is 10.3. The second-order valence-corrected chi connectivity index (χ2v) is 7.99. The molecular formula is C24H25N5O2. The van der Waals surface area contributed by atoms with Gasteiger partial charge in [-0.3, -0.25) is 14.8 Å². The Morgan fingerprint density at radius 1 is 1.29 bits per heavy atom. The highest BCUT2D eigenvalue weighted by molar-refractivity contribution is 5.81. The summed E-state index contributed by atoms with van der Waals surface area (Å²) in [6, 6.07) is 7.51. The Kier molecular flexibility index (Phi) is 5.50. The largest absolute Gasteiger partial charge is 0.334 e. The molecule has 0 aromatic carbocycles. The van der Waals surface area contributed by atoms with E-state index in [9.17, 15) is 4.79 Å². The lowest BCUT2D eigenvalue weighted by atomic mass is 9.64. The predicted octanol–water partition coefficient (Wildman–Crippen LogP) is 4.31. The zero-order valence-electron chi connectivity index (χ0n) is 18.0. The smallest absolute Gasteiger partial charge is 0.263 e. The molecule has 3 heterocycles. The summed E-state index contributed by atoms with van der Waals surface area (Å²) in [5.41, 5.74) is 3.56. The summed E-state index contributed by atoms with van der Waals surface area (Å²) >= 11 is 0. The van der Waals surface area contributed by atoms with Crippen LogP contribution in [0, 0.1) is 0 Å². The third kappa shape index (κ3) is 3.79. The van der Waals surface area contributed by atoms with Crippen molar-refractivity contribution in [2.45, 2.75) is 38.5 Å². The summed E-state index contributed by atoms with van der Waals surface area (Å²) in [7, 11) is 1.70. The molecular weight excluding hydrogens is 390 g/mol. The van der Waals surface area contributed by atoms with Crippen molar-refractivity contribution in [3.63, 3.8) is 0 Å². The summed E-state index contributed by atoms with van der Waals surface area (Å²) in [4.78, 5) is 26.0. The average molecular weight is 415 g/mol. The molecule has 31 heavy (non-hydrogen) atoms. The topological polar surface area (TPSA) is 86.2 Å². The number of hydrogen-bond donors (Lipinski definition) is 0. The van der Waals surface area contributed by atoms with Crippen LogP contribution in [0.3, 0.4) is 0 Å². The Labute approximate surface area is 180 Å². The number of nitrogens with zero attached hydrogens (tertiary/aromatic N) is 5. The van der Waals surface area contributed by atoms with Crippen LogP contribution in [0.15, 0.2) is 69.8 Å². The maximum absolute atomic E-state index is 12.4. The minimum Gasteiger partial charge on any atom is -0.334 e. The molecule has 0 bridgehead atoms. The molecule has 3 aromatic rings. The van der Waals surface area contributed by atoms with E-state index < -0.39 is 0 Å². The van der Waals surface area contributed by atoms with Gasteiger partial charge in [-0.25, -0.2) is 0 Å². The molecule has 1 aliphatic rings. The standard InChI is InChI=1S/C24H25N5O2/c1-5-17(14-25-16(2)3)20-10-9-18(15-26-20)24(11-7-12-24)23-27-21(31-28-23)19-8-6-13-29(4)22(19)30/h5-6,8-10,13-15H,1,7,11-12H2,2-4H3/b17-14+. The molecule has 0 radical (unpaired) electrons. The van der Waals surface area contributed by atoms with E-state index in [2.05, 4.69) is 32.8 Å². The molecule has 158 valence electrons. The van der Waals surface area contributed by atoms with Crippen molar-refractivity contribution in [3.8, 4) is 11.5 Å². The number of allylic oxidation sites excluding steroid dienone is 2. The zero-order chi connectivity index (χ0) is 22.0. The quantitative estimate of drug-likeness (QED) is 0.442. The Bertz CT molecular complexity index is 1220. The van der Waals surface area contributed by atoms with Gasteiger partial charge in [-0.05, 0) is 50.5 Å². The minimum atomic E-state index is -0.344. The monoisotopic (exact) mass is 415 g/mol. The molecule has 0 saturated heterocycles. The molecule has 7 nitrogen and oxygen atoms in total. The van der Waals surface area contributed by atoms with Gasteiger partial charge < -0.3 is 9.09 Å². The van der Waals surface area contributed by atoms with Crippen molar-refractivity contribution < 1.29 is 4.52 Å². The molecule has 1 fully saturated rings. The van der Waals surface area contributed by atoms with E-state index >= 15 is 0 Å². The normalized spacial score (nSPS) is 15.3. The van der Waals surface area contributed by atoms with E-state index in [1.807, 2.05) is 26.1 Å². The van der Waals surface area contributed by atoms with Gasteiger partial charge in [-0.15, -0.1) is 0 Å². The molecule has 1 aliphatic carbocycles. The second kappa shape index (κ2) is 8.26. The third-order valence-electron chi connectivity index (χ3n) is 5.71. The second-order valence-electron chi connectivity index (χ2n) is 7.99. The summed E-state index contributed by atoms with van der Waals surface area (Å²) in [5.74, 6) is 0.844. The van der Waals surface area contributed by atoms with Gasteiger partial charge in [0.05, 0.1) is 11.1 Å². The summed E-state index contributed by atoms with van der Waals surface area (Å²) < 4.78 is 6.99. The van der Waals surface area contributed by atoms with Gasteiger partial charge in [0, 0.05) is 36.9 Å². The molecule has 4 rings (SSSR count). The third-order valence-corrected chi connectivity index (χ3v) is 5.71. The number of hydrogen-bond acceptors (Lipinski definition) is 6. The molecule has 0 amide bonds. The molecule has 0 atom stereocenters. The first-order chi connectivity index (χ1) is 14.9. The van der Waals surface area contributed by atoms with Crippen LogP contribution < -0.4 is 5.56 Å². The maximum atomic E-state index is 12.4. The Hall–Kier alpha value is -3.61. The van der Waals surface area contributed by atoms with E-state index in [1.54, 1.807) is 37.7 Å². The fraction of sp³-hybridized carbons (Fsp3) is 0.292. The number of aliphatic imine (C=N–C) groups is 1. The Morgan fingerprint density at radius 2 is 2.10 bits per heavy atom. The highest BCUT2D eigenvalue weighted by Crippen LogP contribution is 2.48. The molecule has 0 unspecified atom stereocenters. The highest BCUT2D eigenvalue weighted by Gasteiger charge is 2.45. The van der Waals surface area contributed by atoms with Crippen molar-refractivity contribution in [2.24, 2.45) is 12.0 Å². The lowest BCUT2D eigenvalue weighted by molar-refractivity contribution is 0.272. The summed E-state index contributed by atoms with van der Waals surface area (Å²) in [6.07, 6.45) is 9.97. The lowest BCUT2D eigenvalue weighted by Crippen LogP contribution is -2.36. The highest BCUT2D eigenvalue weighted by atomic mass is 16.5. The molecule has 1 saturated carbocycles. The van der Waals surface area contributed by atoms with Crippen molar-refractivity contribution in [3.05, 3.63) is 82.9 Å². The van der Waals surface area contributed by atoms with Crippen LogP contribution in [0.5, 0.6) is 0 Å². The van der Waals surface area contributed by atoms with Crippen molar-refractivity contribution in [1.29, 1.82) is 0 Å².